The van der Waals surface area contributed by atoms with Crippen molar-refractivity contribution in [2.75, 3.05) is 18.2 Å². The average Bonchev–Trinajstić information content (AvgIpc) is 2.27. The number of nitrogens with one attached hydrogen (secondary N) is 1. The van der Waals surface area contributed by atoms with Crippen molar-refractivity contribution in [2.45, 2.75) is 0 Å². The number of halogens is 2. The highest BCUT2D eigenvalue weighted by Gasteiger charge is 2.05. The lowest BCUT2D eigenvalue weighted by molar-refractivity contribution is 0.386. The van der Waals surface area contributed by atoms with Crippen LogP contribution in [0.4, 0.5) is 21.6 Å². The van der Waals surface area contributed by atoms with Gasteiger partial charge in [0.25, 0.3) is 0 Å². The van der Waals surface area contributed by atoms with Gasteiger partial charge in [-0.05, 0) is 18.2 Å². The van der Waals surface area contributed by atoms with Gasteiger partial charge in [-0.3, -0.25) is 0 Å². The average molecular weight is 268 g/mol. The Balaban J connectivity index is 2.25. The Hall–Kier alpha value is -2.01. The van der Waals surface area contributed by atoms with Crippen LogP contribution in [0.2, 0.25) is 5.15 Å². The van der Waals surface area contributed by atoms with Crippen LogP contribution in [-0.2, 0) is 0 Å². The molecular weight excluding hydrogens is 257 g/mol. The molecule has 2 rings (SSSR count). The second-order valence-electron chi connectivity index (χ2n) is 3.58. The molecule has 0 saturated heterocycles. The second kappa shape index (κ2) is 5.10. The van der Waals surface area contributed by atoms with Crippen LogP contribution in [0.15, 0.2) is 30.3 Å². The number of nitrogen functional groups attached to an aromatic ring is 1. The predicted octanol–water partition coefficient (Wildman–Crippen LogP) is 3.21. The molecule has 0 unspecified atom stereocenters. The van der Waals surface area contributed by atoms with Crippen molar-refractivity contribution >= 4 is 28.8 Å². The van der Waals surface area contributed by atoms with Gasteiger partial charge < -0.3 is 15.8 Å². The first-order chi connectivity index (χ1) is 8.58. The number of hydrogen-bond donors (Lipinski definition) is 2. The van der Waals surface area contributed by atoms with Gasteiger partial charge in [-0.15, -0.1) is 0 Å². The van der Waals surface area contributed by atoms with Gasteiger partial charge in [0.2, 0.25) is 0 Å². The van der Waals surface area contributed by atoms with Crippen molar-refractivity contribution in [1.82, 2.24) is 4.98 Å². The number of aromatic nitrogens is 1. The molecule has 2 aromatic rings. The standard InChI is InChI=1S/C12H11ClFN3O/c1-18-10-3-2-8(6-9(10)14)16-12-5-7(15)4-11(13)17-12/h2-6H,1H3,(H3,15,16,17). The highest BCUT2D eigenvalue weighted by atomic mass is 35.5. The fourth-order valence-electron chi connectivity index (χ4n) is 1.47. The summed E-state index contributed by atoms with van der Waals surface area (Å²) in [7, 11) is 1.41. The molecule has 0 atom stereocenters. The Labute approximate surface area is 109 Å². The number of hydrogen-bond acceptors (Lipinski definition) is 4. The zero-order valence-corrected chi connectivity index (χ0v) is 10.3. The topological polar surface area (TPSA) is 60.2 Å². The van der Waals surface area contributed by atoms with Crippen LogP contribution in [0.1, 0.15) is 0 Å². The minimum Gasteiger partial charge on any atom is -0.494 e. The van der Waals surface area contributed by atoms with Crippen LogP contribution < -0.4 is 15.8 Å². The quantitative estimate of drug-likeness (QED) is 0.839. The van der Waals surface area contributed by atoms with Gasteiger partial charge in [-0.1, -0.05) is 11.6 Å². The van der Waals surface area contributed by atoms with Crippen molar-refractivity contribution in [2.24, 2.45) is 0 Å². The van der Waals surface area contributed by atoms with E-state index in [9.17, 15) is 4.39 Å². The molecule has 0 aliphatic rings. The van der Waals surface area contributed by atoms with E-state index in [4.69, 9.17) is 22.1 Å². The van der Waals surface area contributed by atoms with Gasteiger partial charge in [0, 0.05) is 23.5 Å². The highest BCUT2D eigenvalue weighted by Crippen LogP contribution is 2.24. The summed E-state index contributed by atoms with van der Waals surface area (Å²) in [4.78, 5) is 4.02. The Bertz CT molecular complexity index is 557. The van der Waals surface area contributed by atoms with Crippen molar-refractivity contribution in [1.29, 1.82) is 0 Å². The zero-order valence-electron chi connectivity index (χ0n) is 9.58. The van der Waals surface area contributed by atoms with Crippen LogP contribution in [0.5, 0.6) is 5.75 Å². The first-order valence-electron chi connectivity index (χ1n) is 5.12. The molecule has 0 aliphatic heterocycles. The number of anilines is 3. The number of benzene rings is 1. The lowest BCUT2D eigenvalue weighted by Crippen LogP contribution is -1.97. The largest absolute Gasteiger partial charge is 0.494 e. The Morgan fingerprint density at radius 3 is 2.72 bits per heavy atom. The van der Waals surface area contributed by atoms with Crippen molar-refractivity contribution in [3.05, 3.63) is 41.3 Å². The first kappa shape index (κ1) is 12.4. The summed E-state index contributed by atoms with van der Waals surface area (Å²) in [6, 6.07) is 7.62. The SMILES string of the molecule is COc1ccc(Nc2cc(N)cc(Cl)n2)cc1F. The van der Waals surface area contributed by atoms with Gasteiger partial charge in [-0.25, -0.2) is 9.37 Å². The van der Waals surface area contributed by atoms with E-state index in [-0.39, 0.29) is 10.9 Å². The number of methoxy groups -OCH3 is 1. The maximum absolute atomic E-state index is 13.5. The van der Waals surface area contributed by atoms with E-state index in [0.717, 1.165) is 0 Å². The van der Waals surface area contributed by atoms with E-state index in [0.29, 0.717) is 17.2 Å². The number of rotatable bonds is 3. The molecule has 6 heteroatoms. The van der Waals surface area contributed by atoms with Crippen LogP contribution in [-0.4, -0.2) is 12.1 Å². The molecule has 94 valence electrons. The smallest absolute Gasteiger partial charge is 0.167 e. The number of pyridine rings is 1. The van der Waals surface area contributed by atoms with Gasteiger partial charge in [0.1, 0.15) is 11.0 Å². The number of nitrogens with two attached hydrogens (primary N) is 1. The van der Waals surface area contributed by atoms with Crippen LogP contribution in [0, 0.1) is 5.82 Å². The first-order valence-corrected chi connectivity index (χ1v) is 5.50. The third-order valence-electron chi connectivity index (χ3n) is 2.24. The van der Waals surface area contributed by atoms with Crippen LogP contribution in [0.25, 0.3) is 0 Å². The molecule has 4 nitrogen and oxygen atoms in total. The molecular formula is C12H11ClFN3O. The summed E-state index contributed by atoms with van der Waals surface area (Å²) in [5.74, 6) is 0.168. The summed E-state index contributed by atoms with van der Waals surface area (Å²) in [6.45, 7) is 0. The zero-order chi connectivity index (χ0) is 13.1. The van der Waals surface area contributed by atoms with E-state index in [2.05, 4.69) is 10.3 Å². The third kappa shape index (κ3) is 2.81. The molecule has 0 bridgehead atoms. The Kier molecular flexibility index (Phi) is 3.53. The maximum atomic E-state index is 13.5. The minimum atomic E-state index is -0.461. The lowest BCUT2D eigenvalue weighted by Gasteiger charge is -2.08. The molecule has 0 saturated carbocycles. The van der Waals surface area contributed by atoms with Gasteiger partial charge in [0.15, 0.2) is 11.6 Å². The van der Waals surface area contributed by atoms with E-state index in [1.807, 2.05) is 0 Å². The molecule has 1 aromatic heterocycles. The lowest BCUT2D eigenvalue weighted by atomic mass is 10.3. The second-order valence-corrected chi connectivity index (χ2v) is 3.97. The molecule has 0 aliphatic carbocycles. The third-order valence-corrected chi connectivity index (χ3v) is 2.43. The molecule has 0 radical (unpaired) electrons. The van der Waals surface area contributed by atoms with E-state index >= 15 is 0 Å². The highest BCUT2D eigenvalue weighted by molar-refractivity contribution is 6.29. The molecule has 0 amide bonds. The minimum absolute atomic E-state index is 0.180. The van der Waals surface area contributed by atoms with Gasteiger partial charge in [0.05, 0.1) is 7.11 Å². The molecule has 1 heterocycles. The van der Waals surface area contributed by atoms with E-state index in [1.54, 1.807) is 12.1 Å². The summed E-state index contributed by atoms with van der Waals surface area (Å²) in [6.07, 6.45) is 0. The fourth-order valence-corrected chi connectivity index (χ4v) is 1.69. The van der Waals surface area contributed by atoms with Gasteiger partial charge >= 0.3 is 0 Å². The Morgan fingerprint density at radius 2 is 2.11 bits per heavy atom. The molecule has 1 aromatic carbocycles. The normalized spacial score (nSPS) is 10.2. The van der Waals surface area contributed by atoms with E-state index < -0.39 is 5.82 Å². The summed E-state index contributed by atoms with van der Waals surface area (Å²) >= 11 is 5.77. The van der Waals surface area contributed by atoms with Crippen molar-refractivity contribution in [3.8, 4) is 5.75 Å². The molecule has 0 fully saturated rings. The molecule has 3 N–H and O–H groups in total. The summed E-state index contributed by atoms with van der Waals surface area (Å²) in [5.41, 5.74) is 6.64. The maximum Gasteiger partial charge on any atom is 0.167 e. The monoisotopic (exact) mass is 267 g/mol. The van der Waals surface area contributed by atoms with Crippen LogP contribution >= 0.6 is 11.6 Å². The molecule has 18 heavy (non-hydrogen) atoms. The van der Waals surface area contributed by atoms with E-state index in [1.165, 1.54) is 25.3 Å². The van der Waals surface area contributed by atoms with Crippen LogP contribution in [0.3, 0.4) is 0 Å². The summed E-state index contributed by atoms with van der Waals surface area (Å²) in [5, 5.41) is 3.18. The summed E-state index contributed by atoms with van der Waals surface area (Å²) < 4.78 is 18.3. The van der Waals surface area contributed by atoms with Gasteiger partial charge in [-0.2, -0.15) is 0 Å². The fraction of sp³-hybridized carbons (Fsp3) is 0.0833. The predicted molar refractivity (Wildman–Crippen MR) is 69.9 cm³/mol. The van der Waals surface area contributed by atoms with Crippen molar-refractivity contribution < 1.29 is 9.13 Å². The number of nitrogens with zero attached hydrogens (tertiary/aromatic N) is 1. The number of ether oxygens (including phenoxy) is 1. The Morgan fingerprint density at radius 1 is 1.33 bits per heavy atom. The van der Waals surface area contributed by atoms with Crippen molar-refractivity contribution in [3.63, 3.8) is 0 Å². The molecule has 0 spiro atoms.